The van der Waals surface area contributed by atoms with E-state index in [2.05, 4.69) is 30.8 Å². The van der Waals surface area contributed by atoms with Crippen molar-refractivity contribution in [3.8, 4) is 5.75 Å². The summed E-state index contributed by atoms with van der Waals surface area (Å²) in [5.41, 5.74) is 0. The number of pyridine rings is 2. The largest absolute Gasteiger partial charge is 0.487 e. The van der Waals surface area contributed by atoms with Gasteiger partial charge in [0.2, 0.25) is 0 Å². The molecule has 1 fully saturated rings. The van der Waals surface area contributed by atoms with Crippen molar-refractivity contribution in [2.45, 2.75) is 18.9 Å². The first-order valence-electron chi connectivity index (χ1n) is 6.74. The molecule has 2 aromatic heterocycles. The van der Waals surface area contributed by atoms with E-state index < -0.39 is 0 Å². The molecule has 0 aromatic carbocycles. The molecule has 104 valence electrons. The number of anilines is 1. The van der Waals surface area contributed by atoms with E-state index in [9.17, 15) is 0 Å². The van der Waals surface area contributed by atoms with Gasteiger partial charge in [0, 0.05) is 23.4 Å². The fraction of sp³-hybridized carbons (Fsp3) is 0.333. The first kappa shape index (κ1) is 13.4. The molecule has 2 aromatic rings. The highest BCUT2D eigenvalue weighted by molar-refractivity contribution is 9.10. The number of piperidine rings is 1. The zero-order valence-electron chi connectivity index (χ0n) is 11.1. The average molecular weight is 334 g/mol. The van der Waals surface area contributed by atoms with Crippen molar-refractivity contribution in [3.05, 3.63) is 47.3 Å². The van der Waals surface area contributed by atoms with Crippen LogP contribution >= 0.6 is 15.9 Å². The third-order valence-electron chi connectivity index (χ3n) is 3.35. The molecule has 1 unspecified atom stereocenters. The van der Waals surface area contributed by atoms with Gasteiger partial charge in [-0.3, -0.25) is 4.98 Å². The molecule has 1 atom stereocenters. The summed E-state index contributed by atoms with van der Waals surface area (Å²) in [7, 11) is 0. The van der Waals surface area contributed by atoms with Gasteiger partial charge in [-0.2, -0.15) is 0 Å². The molecule has 20 heavy (non-hydrogen) atoms. The summed E-state index contributed by atoms with van der Waals surface area (Å²) in [5, 5.41) is 0. The smallest absolute Gasteiger partial charge is 0.138 e. The summed E-state index contributed by atoms with van der Waals surface area (Å²) in [6.45, 7) is 1.89. The zero-order chi connectivity index (χ0) is 13.8. The minimum atomic E-state index is 0.193. The zero-order valence-corrected chi connectivity index (χ0v) is 12.7. The molecule has 0 amide bonds. The number of nitrogens with zero attached hydrogens (tertiary/aromatic N) is 3. The first-order valence-corrected chi connectivity index (χ1v) is 7.54. The molecule has 0 radical (unpaired) electrons. The van der Waals surface area contributed by atoms with E-state index >= 15 is 0 Å². The lowest BCUT2D eigenvalue weighted by molar-refractivity contribution is 0.178. The van der Waals surface area contributed by atoms with Gasteiger partial charge in [0.25, 0.3) is 0 Å². The summed E-state index contributed by atoms with van der Waals surface area (Å²) < 4.78 is 6.99. The van der Waals surface area contributed by atoms with Gasteiger partial charge in [-0.05, 0) is 53.0 Å². The van der Waals surface area contributed by atoms with Crippen LogP contribution in [0.25, 0.3) is 0 Å². The maximum Gasteiger partial charge on any atom is 0.138 e. The minimum absolute atomic E-state index is 0.193. The summed E-state index contributed by atoms with van der Waals surface area (Å²) in [5.74, 6) is 1.84. The number of rotatable bonds is 3. The average Bonchev–Trinajstić information content (AvgIpc) is 2.49. The van der Waals surface area contributed by atoms with Crippen LogP contribution in [0.3, 0.4) is 0 Å². The van der Waals surface area contributed by atoms with E-state index in [-0.39, 0.29) is 6.10 Å². The van der Waals surface area contributed by atoms with E-state index in [1.54, 1.807) is 12.4 Å². The Labute approximate surface area is 126 Å². The van der Waals surface area contributed by atoms with Gasteiger partial charge in [-0.1, -0.05) is 0 Å². The third kappa shape index (κ3) is 3.28. The molecule has 1 aliphatic heterocycles. The van der Waals surface area contributed by atoms with Crippen molar-refractivity contribution in [1.82, 2.24) is 9.97 Å². The normalized spacial score (nSPS) is 18.9. The molecule has 4 nitrogen and oxygen atoms in total. The Balaban J connectivity index is 1.66. The van der Waals surface area contributed by atoms with E-state index in [0.29, 0.717) is 0 Å². The predicted molar refractivity (Wildman–Crippen MR) is 82.0 cm³/mol. The van der Waals surface area contributed by atoms with Crippen LogP contribution in [0.1, 0.15) is 12.8 Å². The van der Waals surface area contributed by atoms with Gasteiger partial charge in [-0.15, -0.1) is 0 Å². The molecule has 0 saturated carbocycles. The second-order valence-electron chi connectivity index (χ2n) is 4.85. The molecule has 3 heterocycles. The second kappa shape index (κ2) is 6.22. The highest BCUT2D eigenvalue weighted by Crippen LogP contribution is 2.22. The fourth-order valence-corrected chi connectivity index (χ4v) is 2.64. The number of halogens is 1. The summed E-state index contributed by atoms with van der Waals surface area (Å²) in [4.78, 5) is 10.8. The van der Waals surface area contributed by atoms with Crippen LogP contribution in [0.2, 0.25) is 0 Å². The lowest BCUT2D eigenvalue weighted by atomic mass is 10.1. The van der Waals surface area contributed by atoms with Crippen LogP contribution < -0.4 is 9.64 Å². The Morgan fingerprint density at radius 2 is 2.20 bits per heavy atom. The van der Waals surface area contributed by atoms with Crippen molar-refractivity contribution in [2.24, 2.45) is 0 Å². The number of hydrogen-bond acceptors (Lipinski definition) is 4. The van der Waals surface area contributed by atoms with E-state index in [1.165, 1.54) is 0 Å². The van der Waals surface area contributed by atoms with E-state index in [0.717, 1.165) is 42.0 Å². The van der Waals surface area contributed by atoms with E-state index in [4.69, 9.17) is 4.74 Å². The summed E-state index contributed by atoms with van der Waals surface area (Å²) >= 11 is 3.41. The van der Waals surface area contributed by atoms with Crippen molar-refractivity contribution >= 4 is 21.7 Å². The predicted octanol–water partition coefficient (Wildman–Crippen LogP) is 3.29. The van der Waals surface area contributed by atoms with Crippen LogP contribution in [0.15, 0.2) is 47.3 Å². The Bertz CT molecular complexity index is 547. The Morgan fingerprint density at radius 3 is 2.95 bits per heavy atom. The lowest BCUT2D eigenvalue weighted by Gasteiger charge is -2.33. The molecule has 0 spiro atoms. The van der Waals surface area contributed by atoms with Gasteiger partial charge < -0.3 is 9.64 Å². The van der Waals surface area contributed by atoms with Crippen molar-refractivity contribution in [2.75, 3.05) is 18.0 Å². The van der Waals surface area contributed by atoms with Crippen molar-refractivity contribution in [1.29, 1.82) is 0 Å². The molecule has 5 heteroatoms. The lowest BCUT2D eigenvalue weighted by Crippen LogP contribution is -2.41. The summed E-state index contributed by atoms with van der Waals surface area (Å²) in [6, 6.07) is 7.90. The van der Waals surface area contributed by atoms with Crippen LogP contribution in [0.4, 0.5) is 5.82 Å². The molecular weight excluding hydrogens is 318 g/mol. The van der Waals surface area contributed by atoms with Crippen LogP contribution in [-0.4, -0.2) is 29.2 Å². The molecule has 3 rings (SSSR count). The fourth-order valence-electron chi connectivity index (χ4n) is 2.41. The van der Waals surface area contributed by atoms with Gasteiger partial charge in [-0.25, -0.2) is 4.98 Å². The van der Waals surface area contributed by atoms with E-state index in [1.807, 2.05) is 30.5 Å². The second-order valence-corrected chi connectivity index (χ2v) is 5.77. The number of aromatic nitrogens is 2. The Morgan fingerprint density at radius 1 is 1.25 bits per heavy atom. The van der Waals surface area contributed by atoms with Crippen LogP contribution in [0.5, 0.6) is 5.75 Å². The highest BCUT2D eigenvalue weighted by Gasteiger charge is 2.22. The third-order valence-corrected chi connectivity index (χ3v) is 3.82. The SMILES string of the molecule is Brc1ccc(N2CCCC(Oc3cccnc3)C2)nc1. The topological polar surface area (TPSA) is 38.2 Å². The molecule has 0 bridgehead atoms. The standard InChI is InChI=1S/C15H16BrN3O/c16-12-5-6-15(18-9-12)19-8-2-4-14(11-19)20-13-3-1-7-17-10-13/h1,3,5-7,9-10,14H,2,4,8,11H2. The quantitative estimate of drug-likeness (QED) is 0.863. The Hall–Kier alpha value is -1.62. The van der Waals surface area contributed by atoms with Crippen LogP contribution in [0, 0.1) is 0 Å². The first-order chi connectivity index (χ1) is 9.81. The molecule has 0 N–H and O–H groups in total. The summed E-state index contributed by atoms with van der Waals surface area (Å²) in [6.07, 6.45) is 7.73. The monoisotopic (exact) mass is 333 g/mol. The van der Waals surface area contributed by atoms with Crippen LogP contribution in [-0.2, 0) is 0 Å². The number of hydrogen-bond donors (Lipinski definition) is 0. The molecular formula is C15H16BrN3O. The molecule has 1 saturated heterocycles. The van der Waals surface area contributed by atoms with Gasteiger partial charge in [0.05, 0.1) is 12.7 Å². The number of ether oxygens (including phenoxy) is 1. The van der Waals surface area contributed by atoms with Crippen molar-refractivity contribution < 1.29 is 4.74 Å². The van der Waals surface area contributed by atoms with Gasteiger partial charge >= 0.3 is 0 Å². The maximum atomic E-state index is 5.99. The van der Waals surface area contributed by atoms with Gasteiger partial charge in [0.1, 0.15) is 17.7 Å². The highest BCUT2D eigenvalue weighted by atomic mass is 79.9. The molecule has 1 aliphatic rings. The Kier molecular flexibility index (Phi) is 4.16. The molecule has 0 aliphatic carbocycles. The minimum Gasteiger partial charge on any atom is -0.487 e. The maximum absolute atomic E-state index is 5.99. The van der Waals surface area contributed by atoms with Crippen molar-refractivity contribution in [3.63, 3.8) is 0 Å². The van der Waals surface area contributed by atoms with Gasteiger partial charge in [0.15, 0.2) is 0 Å².